The van der Waals surface area contributed by atoms with Gasteiger partial charge in [0.25, 0.3) is 0 Å². The highest BCUT2D eigenvalue weighted by Gasteiger charge is 2.33. The molecule has 0 heterocycles. The first-order valence-electron chi connectivity index (χ1n) is 6.48. The van der Waals surface area contributed by atoms with Crippen molar-refractivity contribution in [2.24, 2.45) is 17.8 Å². The SMILES string of the molecule is CC(C)[C@@H]1CC[C@@H](C)C[C@@H]1OC(=O)OCCO. The van der Waals surface area contributed by atoms with Gasteiger partial charge in [-0.3, -0.25) is 0 Å². The van der Waals surface area contributed by atoms with Crippen molar-refractivity contribution in [3.63, 3.8) is 0 Å². The van der Waals surface area contributed by atoms with E-state index in [1.54, 1.807) is 0 Å². The van der Waals surface area contributed by atoms with Crippen LogP contribution in [0.2, 0.25) is 0 Å². The van der Waals surface area contributed by atoms with Crippen molar-refractivity contribution in [1.29, 1.82) is 0 Å². The molecule has 0 aliphatic heterocycles. The van der Waals surface area contributed by atoms with Crippen LogP contribution >= 0.6 is 0 Å². The molecule has 0 spiro atoms. The lowest BCUT2D eigenvalue weighted by atomic mass is 9.75. The smallest absolute Gasteiger partial charge is 0.432 e. The third-order valence-corrected chi connectivity index (χ3v) is 3.52. The van der Waals surface area contributed by atoms with E-state index in [1.807, 2.05) is 0 Å². The zero-order valence-corrected chi connectivity index (χ0v) is 11.0. The van der Waals surface area contributed by atoms with Crippen molar-refractivity contribution < 1.29 is 19.4 Å². The molecule has 1 rings (SSSR count). The maximum Gasteiger partial charge on any atom is 0.508 e. The number of ether oxygens (including phenoxy) is 2. The van der Waals surface area contributed by atoms with Crippen LogP contribution in [0.4, 0.5) is 4.79 Å². The van der Waals surface area contributed by atoms with Gasteiger partial charge in [-0.25, -0.2) is 4.79 Å². The summed E-state index contributed by atoms with van der Waals surface area (Å²) in [5.41, 5.74) is 0. The highest BCUT2D eigenvalue weighted by Crippen LogP contribution is 2.35. The molecule has 0 aromatic rings. The number of hydrogen-bond donors (Lipinski definition) is 1. The zero-order chi connectivity index (χ0) is 12.8. The average molecular weight is 244 g/mol. The van der Waals surface area contributed by atoms with Crippen LogP contribution in [0.3, 0.4) is 0 Å². The third kappa shape index (κ3) is 4.54. The molecular weight excluding hydrogens is 220 g/mol. The van der Waals surface area contributed by atoms with Crippen molar-refractivity contribution in [2.75, 3.05) is 13.2 Å². The predicted octanol–water partition coefficient (Wildman–Crippen LogP) is 2.59. The summed E-state index contributed by atoms with van der Waals surface area (Å²) in [5, 5.41) is 8.57. The summed E-state index contributed by atoms with van der Waals surface area (Å²) in [6.07, 6.45) is 2.54. The second-order valence-electron chi connectivity index (χ2n) is 5.30. The summed E-state index contributed by atoms with van der Waals surface area (Å²) in [4.78, 5) is 11.4. The van der Waals surface area contributed by atoms with Gasteiger partial charge in [0.15, 0.2) is 0 Å². The first-order valence-corrected chi connectivity index (χ1v) is 6.48. The summed E-state index contributed by atoms with van der Waals surface area (Å²) < 4.78 is 10.1. The highest BCUT2D eigenvalue weighted by atomic mass is 16.7. The number of carbonyl (C=O) groups excluding carboxylic acids is 1. The summed E-state index contributed by atoms with van der Waals surface area (Å²) in [6, 6.07) is 0. The quantitative estimate of drug-likeness (QED) is 0.772. The number of carbonyl (C=O) groups is 1. The van der Waals surface area contributed by atoms with E-state index in [2.05, 4.69) is 20.8 Å². The van der Waals surface area contributed by atoms with Gasteiger partial charge in [0.1, 0.15) is 12.7 Å². The lowest BCUT2D eigenvalue weighted by Crippen LogP contribution is -2.36. The van der Waals surface area contributed by atoms with Crippen molar-refractivity contribution >= 4 is 6.16 Å². The van der Waals surface area contributed by atoms with Crippen LogP contribution in [0.5, 0.6) is 0 Å². The monoisotopic (exact) mass is 244 g/mol. The number of hydrogen-bond acceptors (Lipinski definition) is 4. The Hall–Kier alpha value is -0.770. The summed E-state index contributed by atoms with van der Waals surface area (Å²) in [5.74, 6) is 1.53. The van der Waals surface area contributed by atoms with Gasteiger partial charge in [0, 0.05) is 0 Å². The standard InChI is InChI=1S/C13H24O4/c1-9(2)11-5-4-10(3)8-12(11)17-13(15)16-7-6-14/h9-12,14H,4-8H2,1-3H3/t10-,11+,12+/m1/s1. The average Bonchev–Trinajstić information content (AvgIpc) is 2.26. The van der Waals surface area contributed by atoms with Crippen LogP contribution in [0.25, 0.3) is 0 Å². The van der Waals surface area contributed by atoms with Crippen molar-refractivity contribution in [3.8, 4) is 0 Å². The molecule has 0 aromatic heterocycles. The van der Waals surface area contributed by atoms with Crippen LogP contribution in [-0.4, -0.2) is 30.6 Å². The minimum Gasteiger partial charge on any atom is -0.432 e. The van der Waals surface area contributed by atoms with E-state index in [-0.39, 0.29) is 19.3 Å². The number of rotatable bonds is 4. The molecule has 3 atom stereocenters. The van der Waals surface area contributed by atoms with E-state index in [1.165, 1.54) is 6.42 Å². The van der Waals surface area contributed by atoms with Gasteiger partial charge < -0.3 is 14.6 Å². The zero-order valence-electron chi connectivity index (χ0n) is 11.0. The number of aliphatic hydroxyl groups is 1. The summed E-state index contributed by atoms with van der Waals surface area (Å²) >= 11 is 0. The second-order valence-corrected chi connectivity index (χ2v) is 5.30. The van der Waals surface area contributed by atoms with Crippen LogP contribution < -0.4 is 0 Å². The van der Waals surface area contributed by atoms with Gasteiger partial charge in [-0.2, -0.15) is 0 Å². The molecule has 0 unspecified atom stereocenters. The molecule has 1 fully saturated rings. The Labute approximate surface area is 103 Å². The fraction of sp³-hybridized carbons (Fsp3) is 0.923. The van der Waals surface area contributed by atoms with E-state index in [0.29, 0.717) is 17.8 Å². The molecule has 1 N–H and O–H groups in total. The lowest BCUT2D eigenvalue weighted by Gasteiger charge is -2.36. The fourth-order valence-corrected chi connectivity index (χ4v) is 2.54. The Kier molecular flexibility index (Phi) is 5.75. The molecule has 0 saturated heterocycles. The van der Waals surface area contributed by atoms with Gasteiger partial charge in [-0.05, 0) is 30.6 Å². The predicted molar refractivity (Wildman–Crippen MR) is 64.6 cm³/mol. The molecule has 1 aliphatic carbocycles. The van der Waals surface area contributed by atoms with Gasteiger partial charge in [-0.15, -0.1) is 0 Å². The third-order valence-electron chi connectivity index (χ3n) is 3.52. The van der Waals surface area contributed by atoms with Gasteiger partial charge >= 0.3 is 6.16 Å². The van der Waals surface area contributed by atoms with Gasteiger partial charge in [0.05, 0.1) is 6.61 Å². The van der Waals surface area contributed by atoms with Crippen molar-refractivity contribution in [3.05, 3.63) is 0 Å². The van der Waals surface area contributed by atoms with E-state index < -0.39 is 6.16 Å². The largest absolute Gasteiger partial charge is 0.508 e. The maximum atomic E-state index is 11.4. The minimum atomic E-state index is -0.649. The second kappa shape index (κ2) is 6.84. The van der Waals surface area contributed by atoms with Gasteiger partial charge in [0.2, 0.25) is 0 Å². The normalized spacial score (nSPS) is 29.1. The molecule has 100 valence electrons. The highest BCUT2D eigenvalue weighted by molar-refractivity contribution is 5.60. The maximum absolute atomic E-state index is 11.4. The Morgan fingerprint density at radius 2 is 2.12 bits per heavy atom. The minimum absolute atomic E-state index is 0.00739. The molecule has 0 amide bonds. The first-order chi connectivity index (χ1) is 8.04. The molecule has 4 nitrogen and oxygen atoms in total. The lowest BCUT2D eigenvalue weighted by molar-refractivity contribution is -0.0351. The molecule has 1 aliphatic rings. The van der Waals surface area contributed by atoms with E-state index in [0.717, 1.165) is 12.8 Å². The Morgan fingerprint density at radius 1 is 1.41 bits per heavy atom. The molecular formula is C13H24O4. The number of aliphatic hydroxyl groups excluding tert-OH is 1. The van der Waals surface area contributed by atoms with E-state index >= 15 is 0 Å². The first kappa shape index (κ1) is 14.3. The van der Waals surface area contributed by atoms with Crippen LogP contribution in [-0.2, 0) is 9.47 Å². The molecule has 0 bridgehead atoms. The van der Waals surface area contributed by atoms with Gasteiger partial charge in [-0.1, -0.05) is 27.2 Å². The van der Waals surface area contributed by atoms with Crippen LogP contribution in [0.15, 0.2) is 0 Å². The van der Waals surface area contributed by atoms with E-state index in [4.69, 9.17) is 14.6 Å². The Morgan fingerprint density at radius 3 is 2.71 bits per heavy atom. The Bertz CT molecular complexity index is 240. The fourth-order valence-electron chi connectivity index (χ4n) is 2.54. The molecule has 17 heavy (non-hydrogen) atoms. The van der Waals surface area contributed by atoms with Crippen LogP contribution in [0, 0.1) is 17.8 Å². The molecule has 0 radical (unpaired) electrons. The van der Waals surface area contributed by atoms with E-state index in [9.17, 15) is 4.79 Å². The van der Waals surface area contributed by atoms with Crippen molar-refractivity contribution in [2.45, 2.75) is 46.1 Å². The molecule has 1 saturated carbocycles. The summed E-state index contributed by atoms with van der Waals surface area (Å²) in [6.45, 7) is 6.36. The molecule has 0 aromatic carbocycles. The Balaban J connectivity index is 2.48. The van der Waals surface area contributed by atoms with Crippen molar-refractivity contribution in [1.82, 2.24) is 0 Å². The van der Waals surface area contributed by atoms with Crippen LogP contribution in [0.1, 0.15) is 40.0 Å². The summed E-state index contributed by atoms with van der Waals surface area (Å²) in [7, 11) is 0. The molecule has 4 heteroatoms. The topological polar surface area (TPSA) is 55.8 Å².